The van der Waals surface area contributed by atoms with Crippen LogP contribution >= 0.6 is 0 Å². The molecule has 7 aromatic rings. The zero-order valence-electron chi connectivity index (χ0n) is 20.2. The van der Waals surface area contributed by atoms with Gasteiger partial charge >= 0.3 is 0 Å². The Kier molecular flexibility index (Phi) is 4.66. The van der Waals surface area contributed by atoms with Gasteiger partial charge < -0.3 is 0 Å². The molecule has 0 aliphatic rings. The van der Waals surface area contributed by atoms with Gasteiger partial charge in [-0.05, 0) is 62.4 Å². The smallest absolute Gasteiger partial charge is 0.166 e. The summed E-state index contributed by atoms with van der Waals surface area (Å²) in [7, 11) is 0. The largest absolute Gasteiger partial charge is 0.248 e. The van der Waals surface area contributed by atoms with Gasteiger partial charge in [0.05, 0.1) is 44.7 Å². The second-order valence-corrected chi connectivity index (χ2v) is 9.08. The predicted molar refractivity (Wildman–Crippen MR) is 144 cm³/mol. The average Bonchev–Trinajstić information content (AvgIpc) is 3.45. The quantitative estimate of drug-likeness (QED) is 0.279. The van der Waals surface area contributed by atoms with Crippen molar-refractivity contribution in [3.63, 3.8) is 0 Å². The van der Waals surface area contributed by atoms with Crippen molar-refractivity contribution >= 4 is 33.0 Å². The second-order valence-electron chi connectivity index (χ2n) is 9.08. The van der Waals surface area contributed by atoms with E-state index >= 15 is 0 Å². The number of hydrogen-bond donors (Lipinski definition) is 0. The van der Waals surface area contributed by atoms with Crippen molar-refractivity contribution in [3.8, 4) is 22.6 Å². The van der Waals surface area contributed by atoms with Gasteiger partial charge in [-0.15, -0.1) is 0 Å². The van der Waals surface area contributed by atoms with E-state index in [2.05, 4.69) is 0 Å². The fourth-order valence-corrected chi connectivity index (χ4v) is 5.04. The summed E-state index contributed by atoms with van der Waals surface area (Å²) >= 11 is 0. The number of para-hydroxylation sites is 2. The SMILES string of the molecule is Cc1nn(-c2ccccc2)c2nc3c(c(C)nn3-c3ccccc3)c(-c3ccc4cc(F)ccc4n3)c12. The van der Waals surface area contributed by atoms with E-state index in [1.165, 1.54) is 12.1 Å². The molecular formula is C30H21FN6. The summed E-state index contributed by atoms with van der Waals surface area (Å²) in [5.74, 6) is -0.282. The second kappa shape index (κ2) is 8.06. The number of pyridine rings is 2. The van der Waals surface area contributed by atoms with E-state index in [0.717, 1.165) is 67.0 Å². The number of fused-ring (bicyclic) bond motifs is 3. The highest BCUT2D eigenvalue weighted by Crippen LogP contribution is 2.39. The third kappa shape index (κ3) is 3.31. The van der Waals surface area contributed by atoms with Crippen molar-refractivity contribution in [1.29, 1.82) is 0 Å². The van der Waals surface area contributed by atoms with Crippen LogP contribution in [-0.2, 0) is 0 Å². The molecule has 0 saturated carbocycles. The minimum absolute atomic E-state index is 0.282. The molecule has 0 aliphatic heterocycles. The first kappa shape index (κ1) is 21.4. The third-order valence-corrected chi connectivity index (χ3v) is 6.69. The fourth-order valence-electron chi connectivity index (χ4n) is 5.04. The highest BCUT2D eigenvalue weighted by molar-refractivity contribution is 6.10. The molecule has 0 amide bonds. The zero-order chi connectivity index (χ0) is 25.1. The number of rotatable bonds is 3. The lowest BCUT2D eigenvalue weighted by Gasteiger charge is -2.10. The van der Waals surface area contributed by atoms with E-state index in [4.69, 9.17) is 20.2 Å². The van der Waals surface area contributed by atoms with E-state index in [-0.39, 0.29) is 5.82 Å². The summed E-state index contributed by atoms with van der Waals surface area (Å²) in [6.45, 7) is 3.98. The molecule has 7 rings (SSSR count). The topological polar surface area (TPSA) is 61.4 Å². The summed E-state index contributed by atoms with van der Waals surface area (Å²) in [4.78, 5) is 10.1. The Morgan fingerprint density at radius 2 is 1.19 bits per heavy atom. The number of aromatic nitrogens is 6. The van der Waals surface area contributed by atoms with E-state index in [0.29, 0.717) is 0 Å². The van der Waals surface area contributed by atoms with Crippen molar-refractivity contribution in [1.82, 2.24) is 29.5 Å². The molecule has 3 aromatic carbocycles. The molecule has 178 valence electrons. The van der Waals surface area contributed by atoms with Gasteiger partial charge in [-0.1, -0.05) is 42.5 Å². The van der Waals surface area contributed by atoms with Crippen LogP contribution in [0.1, 0.15) is 11.4 Å². The molecule has 0 atom stereocenters. The first-order chi connectivity index (χ1) is 18.1. The average molecular weight is 485 g/mol. The highest BCUT2D eigenvalue weighted by Gasteiger charge is 2.24. The first-order valence-corrected chi connectivity index (χ1v) is 12.0. The van der Waals surface area contributed by atoms with Crippen LogP contribution in [0.2, 0.25) is 0 Å². The molecular weight excluding hydrogens is 463 g/mol. The lowest BCUT2D eigenvalue weighted by molar-refractivity contribution is 0.629. The summed E-state index contributed by atoms with van der Waals surface area (Å²) in [6.07, 6.45) is 0. The van der Waals surface area contributed by atoms with E-state index < -0.39 is 0 Å². The third-order valence-electron chi connectivity index (χ3n) is 6.69. The van der Waals surface area contributed by atoms with E-state index in [1.807, 2.05) is 96.0 Å². The molecule has 0 saturated heterocycles. The van der Waals surface area contributed by atoms with Gasteiger partial charge in [-0.3, -0.25) is 0 Å². The van der Waals surface area contributed by atoms with Gasteiger partial charge in [0.2, 0.25) is 0 Å². The van der Waals surface area contributed by atoms with Crippen molar-refractivity contribution in [2.75, 3.05) is 0 Å². The number of nitrogens with zero attached hydrogens (tertiary/aromatic N) is 6. The van der Waals surface area contributed by atoms with Crippen LogP contribution in [-0.4, -0.2) is 29.5 Å². The first-order valence-electron chi connectivity index (χ1n) is 12.0. The summed E-state index contributed by atoms with van der Waals surface area (Å²) < 4.78 is 17.6. The van der Waals surface area contributed by atoms with Gasteiger partial charge in [0.25, 0.3) is 0 Å². The summed E-state index contributed by atoms with van der Waals surface area (Å²) in [6, 6.07) is 28.5. The Labute approximate surface area is 211 Å². The number of aryl methyl sites for hydroxylation is 2. The van der Waals surface area contributed by atoms with Gasteiger partial charge in [-0.25, -0.2) is 23.7 Å². The Bertz CT molecular complexity index is 1860. The molecule has 6 nitrogen and oxygen atoms in total. The monoisotopic (exact) mass is 484 g/mol. The minimum Gasteiger partial charge on any atom is -0.248 e. The van der Waals surface area contributed by atoms with Crippen molar-refractivity contribution in [3.05, 3.63) is 108 Å². The van der Waals surface area contributed by atoms with Gasteiger partial charge in [-0.2, -0.15) is 10.2 Å². The van der Waals surface area contributed by atoms with Crippen molar-refractivity contribution < 1.29 is 4.39 Å². The molecule has 0 unspecified atom stereocenters. The van der Waals surface area contributed by atoms with Crippen LogP contribution in [0.15, 0.2) is 91.0 Å². The lowest BCUT2D eigenvalue weighted by Crippen LogP contribution is -2.01. The summed E-state index contributed by atoms with van der Waals surface area (Å²) in [5, 5.41) is 12.4. The summed E-state index contributed by atoms with van der Waals surface area (Å²) in [5.41, 5.74) is 7.39. The standard InChI is InChI=1S/C30H21FN6/c1-18-26-28(25-15-13-20-17-21(31)14-16-24(20)32-25)27-19(2)35-37(23-11-7-4-8-12-23)30(27)33-29(26)36(34-18)22-9-5-3-6-10-22/h3-17H,1-2H3. The molecule has 4 heterocycles. The fraction of sp³-hybridized carbons (Fsp3) is 0.0667. The molecule has 7 heteroatoms. The van der Waals surface area contributed by atoms with Crippen LogP contribution in [0.3, 0.4) is 0 Å². The minimum atomic E-state index is -0.282. The highest BCUT2D eigenvalue weighted by atomic mass is 19.1. The molecule has 4 aromatic heterocycles. The van der Waals surface area contributed by atoms with Crippen LogP contribution < -0.4 is 0 Å². The predicted octanol–water partition coefficient (Wildman–Crippen LogP) is 6.73. The molecule has 0 fully saturated rings. The van der Waals surface area contributed by atoms with Crippen molar-refractivity contribution in [2.45, 2.75) is 13.8 Å². The Morgan fingerprint density at radius 1 is 0.622 bits per heavy atom. The molecule has 0 spiro atoms. The Morgan fingerprint density at radius 3 is 1.76 bits per heavy atom. The van der Waals surface area contributed by atoms with Gasteiger partial charge in [0.15, 0.2) is 11.3 Å². The van der Waals surface area contributed by atoms with E-state index in [1.54, 1.807) is 6.07 Å². The Hall–Kier alpha value is -4.91. The molecule has 0 aliphatic carbocycles. The maximum Gasteiger partial charge on any atom is 0.166 e. The normalized spacial score (nSPS) is 11.6. The lowest BCUT2D eigenvalue weighted by atomic mass is 10.0. The van der Waals surface area contributed by atoms with Gasteiger partial charge in [0, 0.05) is 10.9 Å². The zero-order valence-corrected chi connectivity index (χ0v) is 20.2. The van der Waals surface area contributed by atoms with Crippen molar-refractivity contribution in [2.24, 2.45) is 0 Å². The van der Waals surface area contributed by atoms with Gasteiger partial charge in [0.1, 0.15) is 5.82 Å². The number of halogens is 1. The molecule has 0 bridgehead atoms. The molecule has 0 N–H and O–H groups in total. The Balaban J connectivity index is 1.64. The van der Waals surface area contributed by atoms with Crippen LogP contribution in [0, 0.1) is 19.7 Å². The van der Waals surface area contributed by atoms with Crippen LogP contribution in [0.4, 0.5) is 4.39 Å². The number of hydrogen-bond acceptors (Lipinski definition) is 4. The van der Waals surface area contributed by atoms with Crippen LogP contribution in [0.25, 0.3) is 55.6 Å². The van der Waals surface area contributed by atoms with E-state index in [9.17, 15) is 4.39 Å². The van der Waals surface area contributed by atoms with Crippen LogP contribution in [0.5, 0.6) is 0 Å². The molecule has 0 radical (unpaired) electrons. The maximum atomic E-state index is 13.9. The number of benzene rings is 3. The molecule has 37 heavy (non-hydrogen) atoms. The maximum absolute atomic E-state index is 13.9.